The van der Waals surface area contributed by atoms with Crippen molar-refractivity contribution >= 4 is 11.6 Å². The van der Waals surface area contributed by atoms with E-state index in [1.807, 2.05) is 43.4 Å². The predicted octanol–water partition coefficient (Wildman–Crippen LogP) is 3.35. The summed E-state index contributed by atoms with van der Waals surface area (Å²) in [4.78, 5) is 11.1. The Hall–Kier alpha value is -2.10. The molecule has 4 nitrogen and oxygen atoms in total. The average Bonchev–Trinajstić information content (AvgIpc) is 2.47. The summed E-state index contributed by atoms with van der Waals surface area (Å²) in [7, 11) is 2.05. The lowest BCUT2D eigenvalue weighted by Gasteiger charge is -2.18. The van der Waals surface area contributed by atoms with Gasteiger partial charge in [-0.25, -0.2) is 9.97 Å². The van der Waals surface area contributed by atoms with E-state index in [0.717, 1.165) is 24.3 Å². The number of hydrogen-bond donors (Lipinski definition) is 1. The molecule has 0 aliphatic heterocycles. The van der Waals surface area contributed by atoms with Crippen molar-refractivity contribution in [1.29, 1.82) is 0 Å². The maximum Gasteiger partial charge on any atom is 0.163 e. The van der Waals surface area contributed by atoms with Crippen molar-refractivity contribution in [3.63, 3.8) is 0 Å². The second-order valence-corrected chi connectivity index (χ2v) is 4.97. The molecule has 0 aliphatic rings. The molecule has 1 aromatic carbocycles. The molecule has 0 saturated carbocycles. The quantitative estimate of drug-likeness (QED) is 0.818. The van der Waals surface area contributed by atoms with Gasteiger partial charge in [-0.3, -0.25) is 0 Å². The van der Waals surface area contributed by atoms with Crippen molar-refractivity contribution in [1.82, 2.24) is 9.97 Å². The van der Waals surface area contributed by atoms with Gasteiger partial charge >= 0.3 is 0 Å². The van der Waals surface area contributed by atoms with Crippen LogP contribution in [0.4, 0.5) is 11.6 Å². The fourth-order valence-electron chi connectivity index (χ4n) is 2.08. The first-order valence-electron chi connectivity index (χ1n) is 7.12. The standard InChI is InChI=1S/C16H22N4/c1-3-4-8-11-20(2)15-12-14(17)18-16(19-15)13-9-6-5-7-10-13/h5-7,9-10,12H,3-4,8,11H2,1-2H3,(H2,17,18,19). The normalized spacial score (nSPS) is 10.5. The summed E-state index contributed by atoms with van der Waals surface area (Å²) in [6, 6.07) is 11.8. The van der Waals surface area contributed by atoms with Gasteiger partial charge in [0.05, 0.1) is 0 Å². The number of unbranched alkanes of at least 4 members (excludes halogenated alkanes) is 2. The summed E-state index contributed by atoms with van der Waals surface area (Å²) in [6.07, 6.45) is 3.61. The van der Waals surface area contributed by atoms with Gasteiger partial charge in [0, 0.05) is 25.2 Å². The van der Waals surface area contributed by atoms with Gasteiger partial charge in [-0.2, -0.15) is 0 Å². The number of rotatable bonds is 6. The predicted molar refractivity (Wildman–Crippen MR) is 84.7 cm³/mol. The molecule has 0 aliphatic carbocycles. The number of aromatic nitrogens is 2. The number of nitrogen functional groups attached to an aromatic ring is 1. The third-order valence-electron chi connectivity index (χ3n) is 3.25. The molecule has 0 unspecified atom stereocenters. The van der Waals surface area contributed by atoms with Gasteiger partial charge in [-0.05, 0) is 6.42 Å². The van der Waals surface area contributed by atoms with Gasteiger partial charge < -0.3 is 10.6 Å². The number of benzene rings is 1. The lowest BCUT2D eigenvalue weighted by atomic mass is 10.2. The molecular formula is C16H22N4. The molecule has 4 heteroatoms. The summed E-state index contributed by atoms with van der Waals surface area (Å²) in [6.45, 7) is 3.19. The van der Waals surface area contributed by atoms with E-state index in [2.05, 4.69) is 21.8 Å². The molecule has 0 atom stereocenters. The van der Waals surface area contributed by atoms with Crippen LogP contribution in [-0.2, 0) is 0 Å². The zero-order chi connectivity index (χ0) is 14.4. The van der Waals surface area contributed by atoms with E-state index < -0.39 is 0 Å². The van der Waals surface area contributed by atoms with E-state index >= 15 is 0 Å². The first-order valence-corrected chi connectivity index (χ1v) is 7.12. The zero-order valence-corrected chi connectivity index (χ0v) is 12.2. The molecule has 0 bridgehead atoms. The van der Waals surface area contributed by atoms with Crippen LogP contribution in [0.15, 0.2) is 36.4 Å². The maximum atomic E-state index is 5.91. The second kappa shape index (κ2) is 6.89. The highest BCUT2D eigenvalue weighted by atomic mass is 15.2. The molecule has 0 spiro atoms. The number of anilines is 2. The topological polar surface area (TPSA) is 55.0 Å². The fraction of sp³-hybridized carbons (Fsp3) is 0.375. The Balaban J connectivity index is 2.20. The minimum absolute atomic E-state index is 0.510. The molecular weight excluding hydrogens is 248 g/mol. The van der Waals surface area contributed by atoms with Crippen molar-refractivity contribution in [2.24, 2.45) is 0 Å². The fourth-order valence-corrected chi connectivity index (χ4v) is 2.08. The van der Waals surface area contributed by atoms with Crippen molar-refractivity contribution in [2.45, 2.75) is 26.2 Å². The first-order chi connectivity index (χ1) is 9.70. The minimum atomic E-state index is 0.510. The molecule has 2 rings (SSSR count). The minimum Gasteiger partial charge on any atom is -0.384 e. The van der Waals surface area contributed by atoms with E-state index in [4.69, 9.17) is 5.73 Å². The lowest BCUT2D eigenvalue weighted by molar-refractivity contribution is 0.701. The highest BCUT2D eigenvalue weighted by molar-refractivity contribution is 5.60. The average molecular weight is 270 g/mol. The van der Waals surface area contributed by atoms with Gasteiger partial charge in [0.2, 0.25) is 0 Å². The Morgan fingerprint density at radius 2 is 1.85 bits per heavy atom. The highest BCUT2D eigenvalue weighted by Crippen LogP contribution is 2.20. The van der Waals surface area contributed by atoms with E-state index in [1.54, 1.807) is 0 Å². The van der Waals surface area contributed by atoms with E-state index in [1.165, 1.54) is 12.8 Å². The monoisotopic (exact) mass is 270 g/mol. The Morgan fingerprint density at radius 3 is 2.55 bits per heavy atom. The third-order valence-corrected chi connectivity index (χ3v) is 3.25. The van der Waals surface area contributed by atoms with Gasteiger partial charge in [-0.15, -0.1) is 0 Å². The molecule has 2 aromatic rings. The third kappa shape index (κ3) is 3.70. The van der Waals surface area contributed by atoms with Crippen LogP contribution in [0.3, 0.4) is 0 Å². The largest absolute Gasteiger partial charge is 0.384 e. The maximum absolute atomic E-state index is 5.91. The molecule has 1 aromatic heterocycles. The van der Waals surface area contributed by atoms with Gasteiger partial charge in [0.1, 0.15) is 11.6 Å². The second-order valence-electron chi connectivity index (χ2n) is 4.97. The van der Waals surface area contributed by atoms with E-state index in [9.17, 15) is 0 Å². The first kappa shape index (κ1) is 14.3. The van der Waals surface area contributed by atoms with Gasteiger partial charge in [0.25, 0.3) is 0 Å². The van der Waals surface area contributed by atoms with Crippen LogP contribution in [-0.4, -0.2) is 23.6 Å². The van der Waals surface area contributed by atoms with Crippen molar-refractivity contribution in [3.8, 4) is 11.4 Å². The zero-order valence-electron chi connectivity index (χ0n) is 12.2. The number of nitrogens with two attached hydrogens (primary N) is 1. The van der Waals surface area contributed by atoms with Crippen molar-refractivity contribution in [2.75, 3.05) is 24.2 Å². The Bertz CT molecular complexity index is 539. The molecule has 0 radical (unpaired) electrons. The molecule has 0 amide bonds. The summed E-state index contributed by atoms with van der Waals surface area (Å²) in [5.74, 6) is 2.08. The molecule has 1 heterocycles. The Morgan fingerprint density at radius 1 is 1.10 bits per heavy atom. The molecule has 106 valence electrons. The van der Waals surface area contributed by atoms with Crippen LogP contribution in [0, 0.1) is 0 Å². The summed E-state index contributed by atoms with van der Waals surface area (Å²) < 4.78 is 0. The number of nitrogens with zero attached hydrogens (tertiary/aromatic N) is 3. The van der Waals surface area contributed by atoms with Crippen LogP contribution in [0.25, 0.3) is 11.4 Å². The van der Waals surface area contributed by atoms with E-state index in [0.29, 0.717) is 11.6 Å². The highest BCUT2D eigenvalue weighted by Gasteiger charge is 2.08. The van der Waals surface area contributed by atoms with Crippen LogP contribution in [0.1, 0.15) is 26.2 Å². The van der Waals surface area contributed by atoms with Crippen LogP contribution >= 0.6 is 0 Å². The Labute approximate surface area is 120 Å². The number of hydrogen-bond acceptors (Lipinski definition) is 4. The molecule has 2 N–H and O–H groups in total. The SMILES string of the molecule is CCCCCN(C)c1cc(N)nc(-c2ccccc2)n1. The van der Waals surface area contributed by atoms with Crippen LogP contribution < -0.4 is 10.6 Å². The summed E-state index contributed by atoms with van der Waals surface area (Å²) in [5.41, 5.74) is 6.90. The molecule has 0 fully saturated rings. The lowest BCUT2D eigenvalue weighted by Crippen LogP contribution is -2.20. The summed E-state index contributed by atoms with van der Waals surface area (Å²) in [5, 5.41) is 0. The van der Waals surface area contributed by atoms with Gasteiger partial charge in [-0.1, -0.05) is 50.1 Å². The van der Waals surface area contributed by atoms with Crippen molar-refractivity contribution in [3.05, 3.63) is 36.4 Å². The Kier molecular flexibility index (Phi) is 4.93. The van der Waals surface area contributed by atoms with E-state index in [-0.39, 0.29) is 0 Å². The smallest absolute Gasteiger partial charge is 0.163 e. The van der Waals surface area contributed by atoms with Crippen LogP contribution in [0.5, 0.6) is 0 Å². The molecule has 20 heavy (non-hydrogen) atoms. The van der Waals surface area contributed by atoms with Crippen molar-refractivity contribution < 1.29 is 0 Å². The van der Waals surface area contributed by atoms with Gasteiger partial charge in [0.15, 0.2) is 5.82 Å². The molecule has 0 saturated heterocycles. The van der Waals surface area contributed by atoms with Crippen LogP contribution in [0.2, 0.25) is 0 Å². The summed E-state index contributed by atoms with van der Waals surface area (Å²) >= 11 is 0.